The van der Waals surface area contributed by atoms with E-state index in [2.05, 4.69) is 10.5 Å². The van der Waals surface area contributed by atoms with Gasteiger partial charge < -0.3 is 14.6 Å². The van der Waals surface area contributed by atoms with E-state index in [1.807, 2.05) is 62.4 Å². The van der Waals surface area contributed by atoms with Crippen LogP contribution in [0.3, 0.4) is 0 Å². The van der Waals surface area contributed by atoms with Crippen LogP contribution in [-0.4, -0.2) is 17.5 Å². The van der Waals surface area contributed by atoms with Crippen LogP contribution in [0.1, 0.15) is 54.0 Å². The lowest BCUT2D eigenvalue weighted by Crippen LogP contribution is -2.29. The van der Waals surface area contributed by atoms with Gasteiger partial charge in [0.15, 0.2) is 5.78 Å². The lowest BCUT2D eigenvalue weighted by Gasteiger charge is -2.34. The number of carbonyl (C=O) groups is 1. The predicted octanol–water partition coefficient (Wildman–Crippen LogP) is 5.99. The van der Waals surface area contributed by atoms with Crippen molar-refractivity contribution in [2.24, 2.45) is 0 Å². The summed E-state index contributed by atoms with van der Waals surface area (Å²) < 4.78 is 11.2. The highest BCUT2D eigenvalue weighted by molar-refractivity contribution is 6.30. The highest BCUT2D eigenvalue weighted by atomic mass is 35.5. The second kappa shape index (κ2) is 7.89. The molecule has 1 N–H and O–H groups in total. The van der Waals surface area contributed by atoms with E-state index in [1.54, 1.807) is 0 Å². The number of carbonyl (C=O) groups excluding carboxylic acids is 1. The topological polar surface area (TPSA) is 64.4 Å². The first-order chi connectivity index (χ1) is 15.0. The van der Waals surface area contributed by atoms with E-state index >= 15 is 0 Å². The Balaban J connectivity index is 1.57. The van der Waals surface area contributed by atoms with E-state index in [9.17, 15) is 4.79 Å². The molecular weight excluding hydrogens is 412 g/mol. The molecule has 31 heavy (non-hydrogen) atoms. The van der Waals surface area contributed by atoms with Crippen LogP contribution in [0.5, 0.6) is 5.75 Å². The van der Waals surface area contributed by atoms with Gasteiger partial charge in [0.2, 0.25) is 5.88 Å². The molecule has 1 aliphatic heterocycles. The van der Waals surface area contributed by atoms with Crippen LogP contribution in [0.4, 0.5) is 5.88 Å². The second-order valence-corrected chi connectivity index (χ2v) is 8.48. The number of ether oxygens (including phenoxy) is 1. The zero-order valence-electron chi connectivity index (χ0n) is 17.4. The fraction of sp³-hybridized carbons (Fsp3) is 0.280. The van der Waals surface area contributed by atoms with Gasteiger partial charge in [-0.15, -0.1) is 0 Å². The number of allylic oxidation sites excluding steroid dienone is 2. The van der Waals surface area contributed by atoms with Gasteiger partial charge in [-0.25, -0.2) is 0 Å². The van der Waals surface area contributed by atoms with Crippen LogP contribution < -0.4 is 10.1 Å². The van der Waals surface area contributed by atoms with Crippen molar-refractivity contribution in [3.63, 3.8) is 0 Å². The summed E-state index contributed by atoms with van der Waals surface area (Å²) in [6.45, 7) is 4.49. The molecule has 0 amide bonds. The normalized spacial score (nSPS) is 20.2. The third kappa shape index (κ3) is 3.53. The third-order valence-corrected chi connectivity index (χ3v) is 6.38. The van der Waals surface area contributed by atoms with Gasteiger partial charge in [0.05, 0.1) is 17.9 Å². The first-order valence-corrected chi connectivity index (χ1v) is 10.9. The monoisotopic (exact) mass is 434 g/mol. The standard InChI is InChI=1S/C25H23ClN2O3/c1-3-30-19-10-6-16(7-11-19)23-22-14(2)28-31-25(22)27-20-12-17(13-21(29)24(20)23)15-4-8-18(26)9-5-15/h4-11,17,23,27H,3,12-13H2,1-2H3/t17-,23+/m0/s1. The van der Waals surface area contributed by atoms with Crippen LogP contribution in [-0.2, 0) is 4.79 Å². The molecule has 2 aliphatic rings. The quantitative estimate of drug-likeness (QED) is 0.546. The van der Waals surface area contributed by atoms with Gasteiger partial charge in [-0.2, -0.15) is 0 Å². The van der Waals surface area contributed by atoms with Crippen molar-refractivity contribution < 1.29 is 14.1 Å². The van der Waals surface area contributed by atoms with Gasteiger partial charge in [-0.3, -0.25) is 4.79 Å². The summed E-state index contributed by atoms with van der Waals surface area (Å²) in [6, 6.07) is 15.7. The van der Waals surface area contributed by atoms with E-state index in [-0.39, 0.29) is 17.6 Å². The summed E-state index contributed by atoms with van der Waals surface area (Å²) in [7, 11) is 0. The molecule has 0 unspecified atom stereocenters. The van der Waals surface area contributed by atoms with Crippen molar-refractivity contribution >= 4 is 23.3 Å². The molecule has 5 nitrogen and oxygen atoms in total. The number of Topliss-reactive ketones (excluding diaryl/α,β-unsaturated/α-hetero) is 1. The predicted molar refractivity (Wildman–Crippen MR) is 120 cm³/mol. The van der Waals surface area contributed by atoms with E-state index in [4.69, 9.17) is 20.9 Å². The number of halogens is 1. The van der Waals surface area contributed by atoms with Crippen molar-refractivity contribution in [2.75, 3.05) is 11.9 Å². The van der Waals surface area contributed by atoms with Crippen LogP contribution in [0.15, 0.2) is 64.3 Å². The molecular formula is C25H23ClN2O3. The molecule has 158 valence electrons. The second-order valence-electron chi connectivity index (χ2n) is 8.04. The SMILES string of the molecule is CCOc1ccc([C@H]2C3=C(C[C@H](c4ccc(Cl)cc4)CC3=O)Nc3onc(C)c32)cc1. The largest absolute Gasteiger partial charge is 0.494 e. The lowest BCUT2D eigenvalue weighted by molar-refractivity contribution is -0.116. The van der Waals surface area contributed by atoms with Gasteiger partial charge in [0.25, 0.3) is 0 Å². The molecule has 2 aromatic carbocycles. The fourth-order valence-electron chi connectivity index (χ4n) is 4.70. The minimum Gasteiger partial charge on any atom is -0.494 e. The first-order valence-electron chi connectivity index (χ1n) is 10.5. The molecule has 2 atom stereocenters. The highest BCUT2D eigenvalue weighted by Gasteiger charge is 2.41. The summed E-state index contributed by atoms with van der Waals surface area (Å²) in [5, 5.41) is 8.24. The molecule has 1 aliphatic carbocycles. The number of benzene rings is 2. The number of nitrogens with one attached hydrogen (secondary N) is 1. The number of aromatic nitrogens is 1. The third-order valence-electron chi connectivity index (χ3n) is 6.12. The Bertz CT molecular complexity index is 1160. The number of anilines is 1. The van der Waals surface area contributed by atoms with E-state index in [0.717, 1.165) is 45.8 Å². The Morgan fingerprint density at radius 1 is 1.10 bits per heavy atom. The molecule has 0 bridgehead atoms. The van der Waals surface area contributed by atoms with Crippen molar-refractivity contribution in [3.05, 3.63) is 87.2 Å². The molecule has 0 saturated heterocycles. The Labute approximate surface area is 186 Å². The van der Waals surface area contributed by atoms with E-state index in [1.165, 1.54) is 0 Å². The highest BCUT2D eigenvalue weighted by Crippen LogP contribution is 2.49. The zero-order valence-corrected chi connectivity index (χ0v) is 18.2. The minimum absolute atomic E-state index is 0.0996. The fourth-order valence-corrected chi connectivity index (χ4v) is 4.83. The van der Waals surface area contributed by atoms with Crippen LogP contribution >= 0.6 is 11.6 Å². The maximum Gasteiger partial charge on any atom is 0.233 e. The number of aryl methyl sites for hydroxylation is 1. The molecule has 0 saturated carbocycles. The zero-order chi connectivity index (χ0) is 21.5. The molecule has 3 aromatic rings. The van der Waals surface area contributed by atoms with Crippen LogP contribution in [0.2, 0.25) is 5.02 Å². The lowest BCUT2D eigenvalue weighted by atomic mass is 9.72. The maximum atomic E-state index is 13.5. The molecule has 0 radical (unpaired) electrons. The summed E-state index contributed by atoms with van der Waals surface area (Å²) in [5.74, 6) is 1.49. The van der Waals surface area contributed by atoms with Gasteiger partial charge in [-0.1, -0.05) is 41.0 Å². The summed E-state index contributed by atoms with van der Waals surface area (Å²) in [4.78, 5) is 13.5. The van der Waals surface area contributed by atoms with Gasteiger partial charge in [0.1, 0.15) is 5.75 Å². The summed E-state index contributed by atoms with van der Waals surface area (Å²) in [5.41, 5.74) is 5.60. The molecule has 5 rings (SSSR count). The molecule has 0 fully saturated rings. The van der Waals surface area contributed by atoms with Gasteiger partial charge in [0, 0.05) is 28.6 Å². The molecule has 6 heteroatoms. The number of nitrogens with zero attached hydrogens (tertiary/aromatic N) is 1. The first kappa shape index (κ1) is 19.9. The Morgan fingerprint density at radius 2 is 1.81 bits per heavy atom. The van der Waals surface area contributed by atoms with Crippen LogP contribution in [0, 0.1) is 6.92 Å². The molecule has 1 aromatic heterocycles. The van der Waals surface area contributed by atoms with Crippen molar-refractivity contribution in [3.8, 4) is 5.75 Å². The van der Waals surface area contributed by atoms with Crippen molar-refractivity contribution in [1.29, 1.82) is 0 Å². The Kier molecular flexibility index (Phi) is 5.06. The molecule has 0 spiro atoms. The van der Waals surface area contributed by atoms with E-state index < -0.39 is 0 Å². The molecule has 2 heterocycles. The average Bonchev–Trinajstić information content (AvgIpc) is 3.14. The van der Waals surface area contributed by atoms with Crippen molar-refractivity contribution in [2.45, 2.75) is 38.5 Å². The summed E-state index contributed by atoms with van der Waals surface area (Å²) >= 11 is 6.05. The Morgan fingerprint density at radius 3 is 2.52 bits per heavy atom. The Hall–Kier alpha value is -3.05. The average molecular weight is 435 g/mol. The number of ketones is 1. The van der Waals surface area contributed by atoms with Gasteiger partial charge >= 0.3 is 0 Å². The summed E-state index contributed by atoms with van der Waals surface area (Å²) in [6.07, 6.45) is 1.20. The smallest absolute Gasteiger partial charge is 0.233 e. The minimum atomic E-state index is -0.202. The number of hydrogen-bond acceptors (Lipinski definition) is 5. The number of fused-ring (bicyclic) bond motifs is 1. The number of hydrogen-bond donors (Lipinski definition) is 1. The van der Waals surface area contributed by atoms with Crippen molar-refractivity contribution in [1.82, 2.24) is 5.16 Å². The van der Waals surface area contributed by atoms with Gasteiger partial charge in [-0.05, 0) is 61.6 Å². The number of rotatable bonds is 4. The maximum absolute atomic E-state index is 13.5. The van der Waals surface area contributed by atoms with Crippen LogP contribution in [0.25, 0.3) is 0 Å². The van der Waals surface area contributed by atoms with E-state index in [0.29, 0.717) is 23.9 Å².